The highest BCUT2D eigenvalue weighted by Gasteiger charge is 2.33. The second-order valence-corrected chi connectivity index (χ2v) is 6.77. The van der Waals surface area contributed by atoms with Gasteiger partial charge in [0.05, 0.1) is 19.4 Å². The van der Waals surface area contributed by atoms with Gasteiger partial charge in [0.15, 0.2) is 5.96 Å². The van der Waals surface area contributed by atoms with Crippen LogP contribution in [-0.2, 0) is 0 Å². The summed E-state index contributed by atoms with van der Waals surface area (Å²) in [5, 5.41) is 13.3. The van der Waals surface area contributed by atoms with Gasteiger partial charge in [-0.25, -0.2) is 4.99 Å². The van der Waals surface area contributed by atoms with E-state index < -0.39 is 18.8 Å². The van der Waals surface area contributed by atoms with Gasteiger partial charge >= 0.3 is 6.18 Å². The molecule has 1 aliphatic heterocycles. The van der Waals surface area contributed by atoms with Crippen LogP contribution in [0.25, 0.3) is 0 Å². The second kappa shape index (κ2) is 11.9. The number of aliphatic hydroxyl groups is 1. The van der Waals surface area contributed by atoms with E-state index in [4.69, 9.17) is 4.42 Å². The largest absolute Gasteiger partial charge is 0.467 e. The van der Waals surface area contributed by atoms with Crippen molar-refractivity contribution in [3.8, 4) is 0 Å². The van der Waals surface area contributed by atoms with Crippen LogP contribution in [0, 0.1) is 5.92 Å². The number of guanidine groups is 1. The van der Waals surface area contributed by atoms with E-state index in [2.05, 4.69) is 10.3 Å². The van der Waals surface area contributed by atoms with E-state index in [9.17, 15) is 18.3 Å². The van der Waals surface area contributed by atoms with Crippen LogP contribution in [-0.4, -0.2) is 72.9 Å². The number of aliphatic hydroxyl groups excluding tert-OH is 1. The molecule has 0 spiro atoms. The quantitative estimate of drug-likeness (QED) is 0.315. The van der Waals surface area contributed by atoms with Gasteiger partial charge in [-0.05, 0) is 37.9 Å². The number of nitrogens with zero attached hydrogens (tertiary/aromatic N) is 3. The minimum atomic E-state index is -4.17. The molecule has 162 valence electrons. The van der Waals surface area contributed by atoms with Crippen molar-refractivity contribution in [1.29, 1.82) is 0 Å². The normalized spacial score (nSPS) is 19.0. The van der Waals surface area contributed by atoms with Gasteiger partial charge in [0.25, 0.3) is 0 Å². The van der Waals surface area contributed by atoms with E-state index in [-0.39, 0.29) is 36.4 Å². The van der Waals surface area contributed by atoms with Crippen molar-refractivity contribution < 1.29 is 22.7 Å². The van der Waals surface area contributed by atoms with Crippen molar-refractivity contribution in [3.63, 3.8) is 0 Å². The van der Waals surface area contributed by atoms with Crippen LogP contribution in [0.2, 0.25) is 0 Å². The predicted molar refractivity (Wildman–Crippen MR) is 113 cm³/mol. The zero-order valence-corrected chi connectivity index (χ0v) is 18.6. The van der Waals surface area contributed by atoms with Crippen molar-refractivity contribution in [1.82, 2.24) is 15.1 Å². The summed E-state index contributed by atoms with van der Waals surface area (Å²) in [5.74, 6) is 1.29. The lowest BCUT2D eigenvalue weighted by molar-refractivity contribution is -0.146. The molecule has 1 aromatic heterocycles. The number of hydrogen-bond donors (Lipinski definition) is 2. The summed E-state index contributed by atoms with van der Waals surface area (Å²) in [7, 11) is 0. The third-order valence-electron chi connectivity index (χ3n) is 4.57. The highest BCUT2D eigenvalue weighted by Crippen LogP contribution is 2.22. The van der Waals surface area contributed by atoms with E-state index in [0.717, 1.165) is 13.0 Å². The van der Waals surface area contributed by atoms with E-state index >= 15 is 0 Å². The average molecular weight is 518 g/mol. The zero-order valence-electron chi connectivity index (χ0n) is 16.3. The number of halogens is 4. The van der Waals surface area contributed by atoms with Gasteiger partial charge in [0, 0.05) is 26.2 Å². The molecule has 0 amide bonds. The van der Waals surface area contributed by atoms with Crippen molar-refractivity contribution in [3.05, 3.63) is 24.2 Å². The van der Waals surface area contributed by atoms with E-state index in [1.807, 2.05) is 11.8 Å². The van der Waals surface area contributed by atoms with Gasteiger partial charge in [-0.2, -0.15) is 13.2 Å². The van der Waals surface area contributed by atoms with E-state index in [1.165, 1.54) is 11.2 Å². The number of furan rings is 1. The molecule has 1 aliphatic rings. The molecule has 1 aromatic rings. The van der Waals surface area contributed by atoms with Gasteiger partial charge in [0.2, 0.25) is 0 Å². The molecular formula is C18H30F3IN4O2. The van der Waals surface area contributed by atoms with Crippen molar-refractivity contribution >= 4 is 29.9 Å². The molecule has 0 radical (unpaired) electrons. The summed E-state index contributed by atoms with van der Waals surface area (Å²) in [6.45, 7) is 5.84. The first-order chi connectivity index (χ1) is 12.8. The van der Waals surface area contributed by atoms with Crippen molar-refractivity contribution in [2.75, 3.05) is 45.8 Å². The topological polar surface area (TPSA) is 64.2 Å². The molecule has 6 nitrogen and oxygen atoms in total. The van der Waals surface area contributed by atoms with Crippen LogP contribution < -0.4 is 5.32 Å². The molecule has 2 N–H and O–H groups in total. The minimum absolute atomic E-state index is 0. The third-order valence-corrected chi connectivity index (χ3v) is 4.57. The van der Waals surface area contributed by atoms with Crippen LogP contribution in [0.3, 0.4) is 0 Å². The Labute approximate surface area is 181 Å². The summed E-state index contributed by atoms with van der Waals surface area (Å²) in [4.78, 5) is 7.96. The van der Waals surface area contributed by atoms with E-state index in [0.29, 0.717) is 37.9 Å². The molecule has 0 aromatic carbocycles. The Kier molecular flexibility index (Phi) is 10.6. The summed E-state index contributed by atoms with van der Waals surface area (Å²) in [5.41, 5.74) is 0. The molecule has 2 rings (SSSR count). The van der Waals surface area contributed by atoms with Crippen LogP contribution in [0.15, 0.2) is 27.8 Å². The maximum Gasteiger partial charge on any atom is 0.401 e. The summed E-state index contributed by atoms with van der Waals surface area (Å²) in [6, 6.07) is 3.40. The number of aliphatic imine (C=N–C) groups is 1. The fourth-order valence-corrected chi connectivity index (χ4v) is 3.27. The minimum Gasteiger partial charge on any atom is -0.467 e. The summed E-state index contributed by atoms with van der Waals surface area (Å²) in [6.07, 6.45) is -2.68. The average Bonchev–Trinajstić information content (AvgIpc) is 3.28. The predicted octanol–water partition coefficient (Wildman–Crippen LogP) is 3.10. The number of nitrogens with one attached hydrogen (secondary N) is 1. The van der Waals surface area contributed by atoms with Crippen molar-refractivity contribution in [2.45, 2.75) is 32.5 Å². The first-order valence-corrected chi connectivity index (χ1v) is 9.36. The molecule has 28 heavy (non-hydrogen) atoms. The molecule has 2 unspecified atom stereocenters. The summed E-state index contributed by atoms with van der Waals surface area (Å²) >= 11 is 0. The Bertz CT molecular complexity index is 584. The number of rotatable bonds is 8. The third kappa shape index (κ3) is 8.16. The Morgan fingerprint density at radius 2 is 2.21 bits per heavy atom. The fourth-order valence-electron chi connectivity index (χ4n) is 3.27. The molecule has 0 aliphatic carbocycles. The first-order valence-electron chi connectivity index (χ1n) is 9.36. The molecule has 10 heteroatoms. The monoisotopic (exact) mass is 518 g/mol. The number of likely N-dealkylation sites (tertiary alicyclic amines) is 1. The lowest BCUT2D eigenvalue weighted by Gasteiger charge is -2.26. The molecule has 2 atom stereocenters. The maximum atomic E-state index is 12.7. The number of alkyl halides is 3. The van der Waals surface area contributed by atoms with Gasteiger partial charge in [0.1, 0.15) is 11.9 Å². The maximum absolute atomic E-state index is 12.7. The van der Waals surface area contributed by atoms with Crippen LogP contribution in [0.4, 0.5) is 13.2 Å². The molecule has 1 saturated heterocycles. The Hall–Kier alpha value is -1.01. The molecule has 1 fully saturated rings. The van der Waals surface area contributed by atoms with Crippen LogP contribution >= 0.6 is 24.0 Å². The van der Waals surface area contributed by atoms with Gasteiger partial charge < -0.3 is 19.7 Å². The SMILES string of the molecule is CCNC(=NCC(O)c1ccco1)N1CCC(CN(CC)CC(F)(F)F)C1.I. The van der Waals surface area contributed by atoms with E-state index in [1.54, 1.807) is 19.1 Å². The Balaban J connectivity index is 0.00000392. The van der Waals surface area contributed by atoms with Gasteiger partial charge in [-0.1, -0.05) is 6.92 Å². The smallest absolute Gasteiger partial charge is 0.401 e. The molecule has 0 bridgehead atoms. The lowest BCUT2D eigenvalue weighted by atomic mass is 10.1. The second-order valence-electron chi connectivity index (χ2n) is 6.77. The lowest BCUT2D eigenvalue weighted by Crippen LogP contribution is -2.42. The van der Waals surface area contributed by atoms with Crippen LogP contribution in [0.5, 0.6) is 0 Å². The van der Waals surface area contributed by atoms with Crippen molar-refractivity contribution in [2.24, 2.45) is 10.9 Å². The molecular weight excluding hydrogens is 488 g/mol. The number of hydrogen-bond acceptors (Lipinski definition) is 4. The van der Waals surface area contributed by atoms with Gasteiger partial charge in [-0.3, -0.25) is 4.90 Å². The Morgan fingerprint density at radius 3 is 2.79 bits per heavy atom. The van der Waals surface area contributed by atoms with Gasteiger partial charge in [-0.15, -0.1) is 24.0 Å². The molecule has 0 saturated carbocycles. The highest BCUT2D eigenvalue weighted by molar-refractivity contribution is 14.0. The fraction of sp³-hybridized carbons (Fsp3) is 0.722. The zero-order chi connectivity index (χ0) is 19.9. The summed E-state index contributed by atoms with van der Waals surface area (Å²) < 4.78 is 43.1. The first kappa shape index (κ1) is 25.0. The highest BCUT2D eigenvalue weighted by atomic mass is 127. The molecule has 2 heterocycles. The van der Waals surface area contributed by atoms with Crippen LogP contribution in [0.1, 0.15) is 32.1 Å². The standard InChI is InChI=1S/C18H29F3N4O2.HI/c1-3-22-17(23-10-15(26)16-6-5-9-27-16)25-8-7-14(12-25)11-24(4-2)13-18(19,20)21;/h5-6,9,14-15,26H,3-4,7-8,10-13H2,1-2H3,(H,22,23);1H. The Morgan fingerprint density at radius 1 is 1.46 bits per heavy atom.